The minimum atomic E-state index is -0.517. The first-order valence-corrected chi connectivity index (χ1v) is 10.4. The number of rotatable bonds is 5. The van der Waals surface area contributed by atoms with Crippen molar-refractivity contribution < 1.29 is 14.3 Å². The van der Waals surface area contributed by atoms with Gasteiger partial charge in [-0.2, -0.15) is 0 Å². The number of fused-ring (bicyclic) bond motifs is 2. The SMILES string of the molecule is NC(=O)COc1ccc(CN2CCC3(CC2)OCCc2ccsc23)cc1Cl. The molecule has 2 aliphatic rings. The van der Waals surface area contributed by atoms with Crippen molar-refractivity contribution in [2.45, 2.75) is 31.4 Å². The number of nitrogens with two attached hydrogens (primary N) is 1. The molecule has 2 N–H and O–H groups in total. The highest BCUT2D eigenvalue weighted by Crippen LogP contribution is 2.44. The number of amides is 1. The van der Waals surface area contributed by atoms with Crippen molar-refractivity contribution in [1.82, 2.24) is 4.90 Å². The van der Waals surface area contributed by atoms with Gasteiger partial charge in [0, 0.05) is 24.5 Å². The molecule has 1 saturated heterocycles. The molecule has 2 aromatic rings. The number of carbonyl (C=O) groups is 1. The molecule has 0 unspecified atom stereocenters. The number of ether oxygens (including phenoxy) is 2. The molecule has 0 aliphatic carbocycles. The predicted molar refractivity (Wildman–Crippen MR) is 106 cm³/mol. The van der Waals surface area contributed by atoms with Crippen LogP contribution in [0.25, 0.3) is 0 Å². The van der Waals surface area contributed by atoms with Crippen molar-refractivity contribution in [3.63, 3.8) is 0 Å². The summed E-state index contributed by atoms with van der Waals surface area (Å²) in [6.45, 7) is 3.48. The molecule has 0 atom stereocenters. The summed E-state index contributed by atoms with van der Waals surface area (Å²) in [6.07, 6.45) is 3.08. The first-order chi connectivity index (χ1) is 13.1. The molecule has 1 amide bonds. The molecular formula is C20H23ClN2O3S. The van der Waals surface area contributed by atoms with Gasteiger partial charge in [0.1, 0.15) is 11.4 Å². The van der Waals surface area contributed by atoms with E-state index in [-0.39, 0.29) is 12.2 Å². The highest BCUT2D eigenvalue weighted by Gasteiger charge is 2.41. The average Bonchev–Trinajstić information content (AvgIpc) is 3.13. The lowest BCUT2D eigenvalue weighted by Crippen LogP contribution is -2.45. The van der Waals surface area contributed by atoms with Crippen molar-refractivity contribution in [3.05, 3.63) is 50.7 Å². The van der Waals surface area contributed by atoms with Gasteiger partial charge in [0.2, 0.25) is 0 Å². The summed E-state index contributed by atoms with van der Waals surface area (Å²) in [4.78, 5) is 14.7. The summed E-state index contributed by atoms with van der Waals surface area (Å²) < 4.78 is 11.6. The fourth-order valence-corrected chi connectivity index (χ4v) is 5.39. The number of piperidine rings is 1. The van der Waals surface area contributed by atoms with Gasteiger partial charge in [-0.1, -0.05) is 17.7 Å². The molecule has 144 valence electrons. The van der Waals surface area contributed by atoms with E-state index in [2.05, 4.69) is 16.3 Å². The number of halogens is 1. The second-order valence-corrected chi connectivity index (χ2v) is 8.49. The van der Waals surface area contributed by atoms with Gasteiger partial charge >= 0.3 is 0 Å². The summed E-state index contributed by atoms with van der Waals surface area (Å²) in [7, 11) is 0. The standard InChI is InChI=1S/C20H23ClN2O3S/c21-16-11-14(1-2-17(16)25-13-18(22)24)12-23-7-5-20(6-8-23)19-15(3-9-26-20)4-10-27-19/h1-2,4,10-11H,3,5-9,12-13H2,(H2,22,24). The van der Waals surface area contributed by atoms with Crippen LogP contribution in [0, 0.1) is 0 Å². The van der Waals surface area contributed by atoms with Crippen LogP contribution in [0.3, 0.4) is 0 Å². The summed E-state index contributed by atoms with van der Waals surface area (Å²) in [5.74, 6) is -0.0335. The summed E-state index contributed by atoms with van der Waals surface area (Å²) in [5.41, 5.74) is 7.62. The molecular weight excluding hydrogens is 384 g/mol. The van der Waals surface area contributed by atoms with E-state index in [1.165, 1.54) is 10.4 Å². The van der Waals surface area contributed by atoms with E-state index in [9.17, 15) is 4.79 Å². The second-order valence-electron chi connectivity index (χ2n) is 7.16. The van der Waals surface area contributed by atoms with Crippen LogP contribution >= 0.6 is 22.9 Å². The molecule has 4 rings (SSSR count). The van der Waals surface area contributed by atoms with E-state index in [0.29, 0.717) is 10.8 Å². The fraction of sp³-hybridized carbons (Fsp3) is 0.450. The normalized spacial score (nSPS) is 19.0. The topological polar surface area (TPSA) is 64.8 Å². The lowest BCUT2D eigenvalue weighted by atomic mass is 9.85. The minimum absolute atomic E-state index is 0.0810. The number of benzene rings is 1. The van der Waals surface area contributed by atoms with Crippen molar-refractivity contribution in [3.8, 4) is 5.75 Å². The molecule has 1 fully saturated rings. The van der Waals surface area contributed by atoms with Crippen LogP contribution < -0.4 is 10.5 Å². The van der Waals surface area contributed by atoms with Crippen LogP contribution in [0.4, 0.5) is 0 Å². The van der Waals surface area contributed by atoms with E-state index in [1.807, 2.05) is 23.5 Å². The Hall–Kier alpha value is -1.60. The van der Waals surface area contributed by atoms with Gasteiger partial charge in [0.25, 0.3) is 5.91 Å². The Morgan fingerprint density at radius 2 is 2.15 bits per heavy atom. The number of primary amides is 1. The van der Waals surface area contributed by atoms with Crippen LogP contribution in [0.2, 0.25) is 5.02 Å². The second kappa shape index (κ2) is 7.80. The molecule has 27 heavy (non-hydrogen) atoms. The Kier molecular flexibility index (Phi) is 5.41. The van der Waals surface area contributed by atoms with E-state index in [1.54, 1.807) is 6.07 Å². The number of likely N-dealkylation sites (tertiary alicyclic amines) is 1. The first kappa shape index (κ1) is 18.7. The molecule has 1 aromatic heterocycles. The van der Waals surface area contributed by atoms with Crippen LogP contribution in [0.5, 0.6) is 5.75 Å². The largest absolute Gasteiger partial charge is 0.482 e. The van der Waals surface area contributed by atoms with Crippen LogP contribution in [-0.4, -0.2) is 37.1 Å². The smallest absolute Gasteiger partial charge is 0.255 e. The maximum absolute atomic E-state index is 10.8. The Bertz CT molecular complexity index is 830. The zero-order valence-corrected chi connectivity index (χ0v) is 16.7. The van der Waals surface area contributed by atoms with Crippen molar-refractivity contribution in [2.75, 3.05) is 26.3 Å². The number of hydrogen-bond donors (Lipinski definition) is 1. The van der Waals surface area contributed by atoms with E-state index in [0.717, 1.165) is 51.1 Å². The van der Waals surface area contributed by atoms with Gasteiger partial charge in [-0.15, -0.1) is 11.3 Å². The third-order valence-electron chi connectivity index (χ3n) is 5.35. The molecule has 2 aliphatic heterocycles. The first-order valence-electron chi connectivity index (χ1n) is 9.18. The van der Waals surface area contributed by atoms with Gasteiger partial charge in [-0.3, -0.25) is 9.69 Å². The van der Waals surface area contributed by atoms with E-state index < -0.39 is 5.91 Å². The fourth-order valence-electron chi connectivity index (χ4n) is 3.96. The molecule has 5 nitrogen and oxygen atoms in total. The number of carbonyl (C=O) groups excluding carboxylic acids is 1. The van der Waals surface area contributed by atoms with Crippen LogP contribution in [0.1, 0.15) is 28.8 Å². The lowest BCUT2D eigenvalue weighted by molar-refractivity contribution is -0.119. The third kappa shape index (κ3) is 3.99. The van der Waals surface area contributed by atoms with Crippen molar-refractivity contribution in [2.24, 2.45) is 5.73 Å². The van der Waals surface area contributed by atoms with Crippen molar-refractivity contribution >= 4 is 28.8 Å². The highest BCUT2D eigenvalue weighted by molar-refractivity contribution is 7.10. The molecule has 7 heteroatoms. The van der Waals surface area contributed by atoms with Crippen LogP contribution in [-0.2, 0) is 28.1 Å². The maximum atomic E-state index is 10.8. The van der Waals surface area contributed by atoms with Gasteiger partial charge in [-0.25, -0.2) is 0 Å². The van der Waals surface area contributed by atoms with Gasteiger partial charge in [0.05, 0.1) is 11.6 Å². The summed E-state index contributed by atoms with van der Waals surface area (Å²) in [5, 5.41) is 2.69. The van der Waals surface area contributed by atoms with Gasteiger partial charge in [0.15, 0.2) is 6.61 Å². The van der Waals surface area contributed by atoms with E-state index >= 15 is 0 Å². The summed E-state index contributed by atoms with van der Waals surface area (Å²) in [6, 6.07) is 7.94. The molecule has 3 heterocycles. The third-order valence-corrected chi connectivity index (χ3v) is 6.78. The summed E-state index contributed by atoms with van der Waals surface area (Å²) >= 11 is 8.11. The molecule has 0 radical (unpaired) electrons. The average molecular weight is 407 g/mol. The maximum Gasteiger partial charge on any atom is 0.255 e. The quantitative estimate of drug-likeness (QED) is 0.827. The minimum Gasteiger partial charge on any atom is -0.482 e. The highest BCUT2D eigenvalue weighted by atomic mass is 35.5. The predicted octanol–water partition coefficient (Wildman–Crippen LogP) is 3.33. The van der Waals surface area contributed by atoms with E-state index in [4.69, 9.17) is 26.8 Å². The zero-order chi connectivity index (χ0) is 18.9. The Labute approximate surface area is 168 Å². The Balaban J connectivity index is 1.37. The molecule has 1 aromatic carbocycles. The monoisotopic (exact) mass is 406 g/mol. The van der Waals surface area contributed by atoms with Gasteiger partial charge in [-0.05, 0) is 54.0 Å². The zero-order valence-electron chi connectivity index (χ0n) is 15.1. The Morgan fingerprint density at radius 3 is 2.89 bits per heavy atom. The number of hydrogen-bond acceptors (Lipinski definition) is 5. The van der Waals surface area contributed by atoms with Crippen LogP contribution in [0.15, 0.2) is 29.6 Å². The molecule has 1 spiro atoms. The number of nitrogens with zero attached hydrogens (tertiary/aromatic N) is 1. The van der Waals surface area contributed by atoms with Crippen molar-refractivity contribution in [1.29, 1.82) is 0 Å². The molecule has 0 saturated carbocycles. The molecule has 0 bridgehead atoms. The Morgan fingerprint density at radius 1 is 1.33 bits per heavy atom. The lowest BCUT2D eigenvalue weighted by Gasteiger charge is -2.43. The number of thiophene rings is 1. The van der Waals surface area contributed by atoms with Gasteiger partial charge < -0.3 is 15.2 Å².